The van der Waals surface area contributed by atoms with E-state index in [0.717, 1.165) is 12.8 Å². The molecular weight excluding hydrogens is 124 g/mol. The molecule has 0 aromatic carbocycles. The van der Waals surface area contributed by atoms with Crippen LogP contribution in [0.3, 0.4) is 0 Å². The molecule has 0 spiro atoms. The minimum absolute atomic E-state index is 0.391. The van der Waals surface area contributed by atoms with Crippen molar-refractivity contribution >= 4 is 5.78 Å². The maximum atomic E-state index is 10.6. The molecule has 10 heavy (non-hydrogen) atoms. The van der Waals surface area contributed by atoms with Gasteiger partial charge in [-0.1, -0.05) is 26.7 Å². The summed E-state index contributed by atoms with van der Waals surface area (Å²) in [6.45, 7) is 5.70. The first kappa shape index (κ1) is 9.67. The van der Waals surface area contributed by atoms with Gasteiger partial charge in [-0.15, -0.1) is 0 Å². The number of rotatable bonds is 1. The molecule has 1 saturated carbocycles. The molecule has 1 heteroatoms. The lowest BCUT2D eigenvalue weighted by molar-refractivity contribution is -0.120. The normalized spacial score (nSPS) is 17.9. The molecule has 0 bridgehead atoms. The molecule has 0 N–H and O–H groups in total. The Morgan fingerprint density at radius 3 is 1.80 bits per heavy atom. The van der Waals surface area contributed by atoms with Crippen molar-refractivity contribution in [2.75, 3.05) is 0 Å². The van der Waals surface area contributed by atoms with Crippen molar-refractivity contribution in [3.8, 4) is 0 Å². The minimum atomic E-state index is 0.391. The smallest absolute Gasteiger partial charge is 0.132 e. The fraction of sp³-hybridized carbons (Fsp3) is 0.889. The Morgan fingerprint density at radius 2 is 1.60 bits per heavy atom. The standard InChI is InChI=1S/C7H12O.C2H6/c1-6(8)7-4-2-3-5-7;1-2/h7H,2-5H2,1H3;1-2H3. The number of hydrogen-bond acceptors (Lipinski definition) is 1. The molecule has 60 valence electrons. The van der Waals surface area contributed by atoms with Gasteiger partial charge in [0.05, 0.1) is 0 Å². The SMILES string of the molecule is CC.CC(=O)C1CCCC1. The summed E-state index contributed by atoms with van der Waals surface area (Å²) in [5.41, 5.74) is 0. The van der Waals surface area contributed by atoms with Crippen LogP contribution in [-0.2, 0) is 4.79 Å². The fourth-order valence-electron chi connectivity index (χ4n) is 1.33. The lowest BCUT2D eigenvalue weighted by Crippen LogP contribution is -2.04. The van der Waals surface area contributed by atoms with Crippen molar-refractivity contribution in [1.29, 1.82) is 0 Å². The monoisotopic (exact) mass is 142 g/mol. The van der Waals surface area contributed by atoms with Crippen molar-refractivity contribution in [1.82, 2.24) is 0 Å². The average molecular weight is 142 g/mol. The van der Waals surface area contributed by atoms with Gasteiger partial charge in [-0.05, 0) is 19.8 Å². The number of Topliss-reactive ketones (excluding diaryl/α,β-unsaturated/α-hetero) is 1. The maximum absolute atomic E-state index is 10.6. The Hall–Kier alpha value is -0.330. The highest BCUT2D eigenvalue weighted by Gasteiger charge is 2.18. The van der Waals surface area contributed by atoms with Gasteiger partial charge in [0.15, 0.2) is 0 Å². The molecule has 0 amide bonds. The van der Waals surface area contributed by atoms with E-state index in [9.17, 15) is 4.79 Å². The van der Waals surface area contributed by atoms with E-state index in [2.05, 4.69) is 0 Å². The molecule has 0 saturated heterocycles. The van der Waals surface area contributed by atoms with Crippen LogP contribution in [0.15, 0.2) is 0 Å². The largest absolute Gasteiger partial charge is 0.300 e. The third-order valence-electron chi connectivity index (χ3n) is 1.93. The Balaban J connectivity index is 0.000000371. The third kappa shape index (κ3) is 3.00. The predicted molar refractivity (Wildman–Crippen MR) is 44.0 cm³/mol. The van der Waals surface area contributed by atoms with E-state index in [1.807, 2.05) is 13.8 Å². The molecule has 1 rings (SSSR count). The molecule has 0 aliphatic heterocycles. The van der Waals surface area contributed by atoms with Crippen molar-refractivity contribution in [2.24, 2.45) is 5.92 Å². The highest BCUT2D eigenvalue weighted by molar-refractivity contribution is 5.78. The van der Waals surface area contributed by atoms with Crippen LogP contribution in [0.2, 0.25) is 0 Å². The summed E-state index contributed by atoms with van der Waals surface area (Å²) in [6.07, 6.45) is 4.83. The van der Waals surface area contributed by atoms with E-state index in [4.69, 9.17) is 0 Å². The lowest BCUT2D eigenvalue weighted by Gasteiger charge is -1.99. The zero-order valence-electron chi connectivity index (χ0n) is 7.31. The number of ketones is 1. The third-order valence-corrected chi connectivity index (χ3v) is 1.93. The highest BCUT2D eigenvalue weighted by Crippen LogP contribution is 2.24. The predicted octanol–water partition coefficient (Wildman–Crippen LogP) is 2.79. The number of carbonyl (C=O) groups is 1. The second kappa shape index (κ2) is 5.45. The number of carbonyl (C=O) groups excluding carboxylic acids is 1. The van der Waals surface area contributed by atoms with Crippen molar-refractivity contribution in [3.63, 3.8) is 0 Å². The molecule has 0 atom stereocenters. The summed E-state index contributed by atoms with van der Waals surface area (Å²) in [5.74, 6) is 0.817. The topological polar surface area (TPSA) is 17.1 Å². The summed E-state index contributed by atoms with van der Waals surface area (Å²) in [5, 5.41) is 0. The molecule has 1 nitrogen and oxygen atoms in total. The van der Waals surface area contributed by atoms with E-state index in [1.54, 1.807) is 6.92 Å². The van der Waals surface area contributed by atoms with Gasteiger partial charge in [0.25, 0.3) is 0 Å². The molecule has 0 radical (unpaired) electrons. The zero-order chi connectivity index (χ0) is 7.98. The van der Waals surface area contributed by atoms with Crippen LogP contribution in [0.5, 0.6) is 0 Å². The van der Waals surface area contributed by atoms with Gasteiger partial charge >= 0.3 is 0 Å². The van der Waals surface area contributed by atoms with Crippen LogP contribution in [0, 0.1) is 5.92 Å². The Bertz CT molecular complexity index is 90.9. The van der Waals surface area contributed by atoms with E-state index in [0.29, 0.717) is 11.7 Å². The van der Waals surface area contributed by atoms with Gasteiger partial charge in [0.1, 0.15) is 5.78 Å². The molecular formula is C9H18O. The summed E-state index contributed by atoms with van der Waals surface area (Å²) in [4.78, 5) is 10.6. The first-order valence-corrected chi connectivity index (χ1v) is 4.31. The summed E-state index contributed by atoms with van der Waals surface area (Å²) >= 11 is 0. The maximum Gasteiger partial charge on any atom is 0.132 e. The molecule has 0 heterocycles. The van der Waals surface area contributed by atoms with E-state index in [1.165, 1.54) is 12.8 Å². The summed E-state index contributed by atoms with van der Waals surface area (Å²) in [7, 11) is 0. The van der Waals surface area contributed by atoms with Gasteiger partial charge in [-0.25, -0.2) is 0 Å². The van der Waals surface area contributed by atoms with Gasteiger partial charge in [-0.3, -0.25) is 4.79 Å². The second-order valence-corrected chi connectivity index (χ2v) is 2.59. The van der Waals surface area contributed by atoms with E-state index >= 15 is 0 Å². The Labute approximate surface area is 63.8 Å². The Morgan fingerprint density at radius 1 is 1.20 bits per heavy atom. The first-order valence-electron chi connectivity index (χ1n) is 4.31. The zero-order valence-corrected chi connectivity index (χ0v) is 7.31. The molecule has 0 aromatic rings. The molecule has 0 unspecified atom stereocenters. The van der Waals surface area contributed by atoms with Crippen LogP contribution in [0.4, 0.5) is 0 Å². The van der Waals surface area contributed by atoms with Crippen molar-refractivity contribution in [3.05, 3.63) is 0 Å². The van der Waals surface area contributed by atoms with Crippen molar-refractivity contribution in [2.45, 2.75) is 46.5 Å². The van der Waals surface area contributed by atoms with E-state index < -0.39 is 0 Å². The number of hydrogen-bond donors (Lipinski definition) is 0. The van der Waals surface area contributed by atoms with Crippen LogP contribution < -0.4 is 0 Å². The quantitative estimate of drug-likeness (QED) is 0.550. The van der Waals surface area contributed by atoms with E-state index in [-0.39, 0.29) is 0 Å². The van der Waals surface area contributed by atoms with Crippen LogP contribution >= 0.6 is 0 Å². The van der Waals surface area contributed by atoms with Crippen molar-refractivity contribution < 1.29 is 4.79 Å². The first-order chi connectivity index (χ1) is 4.80. The fourth-order valence-corrected chi connectivity index (χ4v) is 1.33. The Kier molecular flexibility index (Phi) is 5.27. The summed E-state index contributed by atoms with van der Waals surface area (Å²) in [6, 6.07) is 0. The minimum Gasteiger partial charge on any atom is -0.300 e. The molecule has 1 aliphatic carbocycles. The van der Waals surface area contributed by atoms with Gasteiger partial charge in [-0.2, -0.15) is 0 Å². The van der Waals surface area contributed by atoms with Crippen LogP contribution in [0.1, 0.15) is 46.5 Å². The van der Waals surface area contributed by atoms with Gasteiger partial charge in [0.2, 0.25) is 0 Å². The van der Waals surface area contributed by atoms with Gasteiger partial charge < -0.3 is 0 Å². The highest BCUT2D eigenvalue weighted by atomic mass is 16.1. The molecule has 0 aromatic heterocycles. The molecule has 1 fully saturated rings. The van der Waals surface area contributed by atoms with Crippen LogP contribution in [0.25, 0.3) is 0 Å². The van der Waals surface area contributed by atoms with Gasteiger partial charge in [0, 0.05) is 5.92 Å². The molecule has 1 aliphatic rings. The second-order valence-electron chi connectivity index (χ2n) is 2.59. The van der Waals surface area contributed by atoms with Crippen LogP contribution in [-0.4, -0.2) is 5.78 Å². The lowest BCUT2D eigenvalue weighted by atomic mass is 10.0. The average Bonchev–Trinajstić information content (AvgIpc) is 2.42. The summed E-state index contributed by atoms with van der Waals surface area (Å²) < 4.78 is 0.